The maximum absolute atomic E-state index is 6.20. The molecule has 0 aromatic heterocycles. The van der Waals surface area contributed by atoms with Crippen molar-refractivity contribution in [2.75, 3.05) is 26.9 Å². The topological polar surface area (TPSA) is 44.5 Å². The fourth-order valence-electron chi connectivity index (χ4n) is 2.30. The van der Waals surface area contributed by atoms with Gasteiger partial charge in [-0.05, 0) is 37.6 Å². The van der Waals surface area contributed by atoms with Crippen LogP contribution in [0, 0.1) is 6.92 Å². The average molecular weight is 256 g/mol. The number of ether oxygens (including phenoxy) is 2. The molecule has 1 aliphatic rings. The summed E-state index contributed by atoms with van der Waals surface area (Å²) in [5.41, 5.74) is 7.82. The molecule has 3 nitrogen and oxygen atoms in total. The van der Waals surface area contributed by atoms with Gasteiger partial charge in [0.05, 0.1) is 20.3 Å². The third-order valence-corrected chi connectivity index (χ3v) is 3.84. The molecular weight excluding hydrogens is 238 g/mol. The Hall–Kier alpha value is -0.770. The molecule has 1 saturated heterocycles. The van der Waals surface area contributed by atoms with E-state index in [-0.39, 0.29) is 5.41 Å². The van der Waals surface area contributed by atoms with Crippen molar-refractivity contribution < 1.29 is 9.47 Å². The van der Waals surface area contributed by atoms with Gasteiger partial charge in [0, 0.05) is 16.0 Å². The summed E-state index contributed by atoms with van der Waals surface area (Å²) in [5, 5.41) is 0.768. The summed E-state index contributed by atoms with van der Waals surface area (Å²) in [6, 6.07) is 3.97. The predicted molar refractivity (Wildman–Crippen MR) is 68.9 cm³/mol. The van der Waals surface area contributed by atoms with Crippen molar-refractivity contribution in [3.63, 3.8) is 0 Å². The summed E-state index contributed by atoms with van der Waals surface area (Å²) >= 11 is 6.20. The fourth-order valence-corrected chi connectivity index (χ4v) is 2.46. The van der Waals surface area contributed by atoms with Gasteiger partial charge < -0.3 is 15.2 Å². The van der Waals surface area contributed by atoms with Crippen molar-refractivity contribution in [2.24, 2.45) is 5.73 Å². The monoisotopic (exact) mass is 255 g/mol. The lowest BCUT2D eigenvalue weighted by molar-refractivity contribution is -0.0640. The van der Waals surface area contributed by atoms with E-state index < -0.39 is 0 Å². The highest BCUT2D eigenvalue weighted by molar-refractivity contribution is 6.31. The van der Waals surface area contributed by atoms with Gasteiger partial charge in [-0.1, -0.05) is 11.6 Å². The molecule has 17 heavy (non-hydrogen) atoms. The molecule has 1 aromatic carbocycles. The highest BCUT2D eigenvalue weighted by Gasteiger charge is 2.41. The average Bonchev–Trinajstić information content (AvgIpc) is 2.27. The van der Waals surface area contributed by atoms with Crippen molar-refractivity contribution in [3.05, 3.63) is 28.3 Å². The molecule has 0 unspecified atom stereocenters. The lowest BCUT2D eigenvalue weighted by atomic mass is 9.75. The van der Waals surface area contributed by atoms with Crippen LogP contribution in [0.3, 0.4) is 0 Å². The zero-order valence-electron chi connectivity index (χ0n) is 10.3. The van der Waals surface area contributed by atoms with E-state index in [1.165, 1.54) is 0 Å². The lowest BCUT2D eigenvalue weighted by Gasteiger charge is -2.42. The number of hydrogen-bond donors (Lipinski definition) is 1. The van der Waals surface area contributed by atoms with Crippen LogP contribution in [0.15, 0.2) is 12.1 Å². The van der Waals surface area contributed by atoms with E-state index in [0.29, 0.717) is 19.8 Å². The zero-order valence-corrected chi connectivity index (χ0v) is 11.0. The Kier molecular flexibility index (Phi) is 3.61. The first-order valence-electron chi connectivity index (χ1n) is 5.75. The largest absolute Gasteiger partial charge is 0.496 e. The van der Waals surface area contributed by atoms with Gasteiger partial charge in [0.2, 0.25) is 0 Å². The van der Waals surface area contributed by atoms with Crippen molar-refractivity contribution in [2.45, 2.75) is 18.8 Å². The van der Waals surface area contributed by atoms with Gasteiger partial charge >= 0.3 is 0 Å². The molecule has 0 amide bonds. The normalized spacial score (nSPS) is 17.6. The quantitative estimate of drug-likeness (QED) is 0.898. The number of nitrogens with two attached hydrogens (primary N) is 1. The smallest absolute Gasteiger partial charge is 0.123 e. The molecule has 0 radical (unpaired) electrons. The Bertz CT molecular complexity index is 416. The van der Waals surface area contributed by atoms with E-state index in [4.69, 9.17) is 26.8 Å². The van der Waals surface area contributed by atoms with Crippen LogP contribution in [0.5, 0.6) is 5.75 Å². The first kappa shape index (κ1) is 12.7. The number of hydrogen-bond acceptors (Lipinski definition) is 3. The first-order chi connectivity index (χ1) is 8.13. The Morgan fingerprint density at radius 2 is 2.18 bits per heavy atom. The molecule has 4 heteroatoms. The molecule has 1 heterocycles. The molecule has 0 saturated carbocycles. The van der Waals surface area contributed by atoms with Crippen molar-refractivity contribution in [1.82, 2.24) is 0 Å². The Morgan fingerprint density at radius 1 is 1.47 bits per heavy atom. The minimum Gasteiger partial charge on any atom is -0.496 e. The lowest BCUT2D eigenvalue weighted by Crippen LogP contribution is -2.48. The summed E-state index contributed by atoms with van der Waals surface area (Å²) in [7, 11) is 1.68. The Labute approximate surface area is 107 Å². The van der Waals surface area contributed by atoms with Gasteiger partial charge in [-0.3, -0.25) is 0 Å². The van der Waals surface area contributed by atoms with Crippen LogP contribution in [-0.4, -0.2) is 26.9 Å². The number of rotatable bonds is 4. The summed E-state index contributed by atoms with van der Waals surface area (Å²) < 4.78 is 10.8. The third kappa shape index (κ3) is 2.15. The van der Waals surface area contributed by atoms with E-state index in [9.17, 15) is 0 Å². The second-order valence-corrected chi connectivity index (χ2v) is 5.02. The summed E-state index contributed by atoms with van der Waals surface area (Å²) in [4.78, 5) is 0. The third-order valence-electron chi connectivity index (χ3n) is 3.43. The molecule has 1 fully saturated rings. The highest BCUT2D eigenvalue weighted by atomic mass is 35.5. The van der Waals surface area contributed by atoms with E-state index in [0.717, 1.165) is 28.3 Å². The minimum atomic E-state index is -0.0164. The molecule has 0 spiro atoms. The maximum atomic E-state index is 6.20. The molecule has 94 valence electrons. The van der Waals surface area contributed by atoms with Crippen molar-refractivity contribution >= 4 is 11.6 Å². The molecule has 2 rings (SSSR count). The SMILES string of the molecule is COc1cc(C)c(Cl)cc1C1(CCN)COC1. The maximum Gasteiger partial charge on any atom is 0.123 e. The van der Waals surface area contributed by atoms with Crippen LogP contribution in [-0.2, 0) is 10.2 Å². The van der Waals surface area contributed by atoms with Gasteiger partial charge in [0.25, 0.3) is 0 Å². The Balaban J connectivity index is 2.45. The second-order valence-electron chi connectivity index (χ2n) is 4.61. The molecule has 1 aliphatic heterocycles. The number of halogens is 1. The molecule has 1 aromatic rings. The van der Waals surface area contributed by atoms with Gasteiger partial charge in [0.15, 0.2) is 0 Å². The van der Waals surface area contributed by atoms with Gasteiger partial charge in [-0.25, -0.2) is 0 Å². The first-order valence-corrected chi connectivity index (χ1v) is 6.13. The highest BCUT2D eigenvalue weighted by Crippen LogP contribution is 2.42. The van der Waals surface area contributed by atoms with Crippen LogP contribution in [0.1, 0.15) is 17.5 Å². The van der Waals surface area contributed by atoms with Crippen LogP contribution in [0.4, 0.5) is 0 Å². The van der Waals surface area contributed by atoms with E-state index in [1.807, 2.05) is 19.1 Å². The molecule has 0 bridgehead atoms. The molecule has 0 atom stereocenters. The number of benzene rings is 1. The van der Waals surface area contributed by atoms with Crippen molar-refractivity contribution in [1.29, 1.82) is 0 Å². The summed E-state index contributed by atoms with van der Waals surface area (Å²) in [6.45, 7) is 4.00. The molecule has 2 N–H and O–H groups in total. The van der Waals surface area contributed by atoms with Crippen LogP contribution in [0.25, 0.3) is 0 Å². The van der Waals surface area contributed by atoms with Gasteiger partial charge in [-0.2, -0.15) is 0 Å². The fraction of sp³-hybridized carbons (Fsp3) is 0.538. The molecular formula is C13H18ClNO2. The van der Waals surface area contributed by atoms with Crippen LogP contribution < -0.4 is 10.5 Å². The van der Waals surface area contributed by atoms with Crippen molar-refractivity contribution in [3.8, 4) is 5.75 Å². The molecule has 0 aliphatic carbocycles. The second kappa shape index (κ2) is 4.84. The van der Waals surface area contributed by atoms with Crippen LogP contribution >= 0.6 is 11.6 Å². The van der Waals surface area contributed by atoms with Gasteiger partial charge in [-0.15, -0.1) is 0 Å². The van der Waals surface area contributed by atoms with E-state index in [2.05, 4.69) is 0 Å². The minimum absolute atomic E-state index is 0.0164. The predicted octanol–water partition coefficient (Wildman–Crippen LogP) is 2.27. The zero-order chi connectivity index (χ0) is 12.5. The Morgan fingerprint density at radius 3 is 2.65 bits per heavy atom. The van der Waals surface area contributed by atoms with E-state index in [1.54, 1.807) is 7.11 Å². The van der Waals surface area contributed by atoms with E-state index >= 15 is 0 Å². The number of methoxy groups -OCH3 is 1. The summed E-state index contributed by atoms with van der Waals surface area (Å²) in [5.74, 6) is 0.878. The summed E-state index contributed by atoms with van der Waals surface area (Å²) in [6.07, 6.45) is 0.892. The van der Waals surface area contributed by atoms with Crippen LogP contribution in [0.2, 0.25) is 5.02 Å². The standard InChI is InChI=1S/C13H18ClNO2/c1-9-5-12(16-2)10(6-11(9)14)13(3-4-15)7-17-8-13/h5-6H,3-4,7-8,15H2,1-2H3. The number of aryl methyl sites for hydroxylation is 1. The van der Waals surface area contributed by atoms with Gasteiger partial charge in [0.1, 0.15) is 5.75 Å².